The molecular weight excluding hydrogens is 413 g/mol. The molecule has 1 unspecified atom stereocenters. The molecule has 0 aliphatic rings. The first kappa shape index (κ1) is 17.0. The van der Waals surface area contributed by atoms with Gasteiger partial charge in [0.2, 0.25) is 0 Å². The number of hydrogen-bond donors (Lipinski definition) is 1. The standard InChI is InChI=1S/C17H18Br2ClN/c1-4-21-17(13-8-12(20)6-5-10(13)2)14-9-15(18)11(3)7-16(14)19/h5-9,17,21H,4H2,1-3H3. The zero-order valence-corrected chi connectivity index (χ0v) is 16.2. The minimum atomic E-state index is 0.111. The van der Waals surface area contributed by atoms with Crippen LogP contribution in [0.15, 0.2) is 39.3 Å². The third kappa shape index (κ3) is 3.89. The van der Waals surface area contributed by atoms with E-state index in [4.69, 9.17) is 11.6 Å². The molecule has 1 atom stereocenters. The molecule has 112 valence electrons. The lowest BCUT2D eigenvalue weighted by Gasteiger charge is -2.23. The maximum absolute atomic E-state index is 6.20. The lowest BCUT2D eigenvalue weighted by Crippen LogP contribution is -2.23. The summed E-state index contributed by atoms with van der Waals surface area (Å²) in [4.78, 5) is 0. The molecular formula is C17H18Br2ClN. The summed E-state index contributed by atoms with van der Waals surface area (Å²) >= 11 is 13.5. The molecule has 0 radical (unpaired) electrons. The van der Waals surface area contributed by atoms with E-state index in [1.807, 2.05) is 12.1 Å². The van der Waals surface area contributed by atoms with E-state index in [2.05, 4.69) is 76.1 Å². The van der Waals surface area contributed by atoms with Crippen LogP contribution < -0.4 is 5.32 Å². The molecule has 1 N–H and O–H groups in total. The Hall–Kier alpha value is -0.350. The first-order chi connectivity index (χ1) is 9.93. The summed E-state index contributed by atoms with van der Waals surface area (Å²) in [6, 6.07) is 10.5. The third-order valence-electron chi connectivity index (χ3n) is 3.55. The lowest BCUT2D eigenvalue weighted by atomic mass is 9.94. The van der Waals surface area contributed by atoms with Gasteiger partial charge in [0.25, 0.3) is 0 Å². The highest BCUT2D eigenvalue weighted by Crippen LogP contribution is 2.35. The van der Waals surface area contributed by atoms with Gasteiger partial charge in [0, 0.05) is 14.0 Å². The van der Waals surface area contributed by atoms with Crippen molar-refractivity contribution in [2.24, 2.45) is 0 Å². The van der Waals surface area contributed by atoms with Crippen LogP contribution in [0.25, 0.3) is 0 Å². The zero-order chi connectivity index (χ0) is 15.6. The van der Waals surface area contributed by atoms with Crippen molar-refractivity contribution in [3.05, 3.63) is 66.6 Å². The second kappa shape index (κ2) is 7.28. The van der Waals surface area contributed by atoms with E-state index in [1.54, 1.807) is 0 Å². The van der Waals surface area contributed by atoms with Crippen molar-refractivity contribution in [2.75, 3.05) is 6.54 Å². The van der Waals surface area contributed by atoms with E-state index >= 15 is 0 Å². The molecule has 0 aliphatic carbocycles. The number of aryl methyl sites for hydroxylation is 2. The Bertz CT molecular complexity index is 655. The van der Waals surface area contributed by atoms with Gasteiger partial charge in [-0.05, 0) is 66.9 Å². The predicted molar refractivity (Wildman–Crippen MR) is 98.3 cm³/mol. The number of benzene rings is 2. The normalized spacial score (nSPS) is 12.5. The highest BCUT2D eigenvalue weighted by molar-refractivity contribution is 9.11. The molecule has 0 bridgehead atoms. The fraction of sp³-hybridized carbons (Fsp3) is 0.294. The van der Waals surface area contributed by atoms with Crippen molar-refractivity contribution < 1.29 is 0 Å². The van der Waals surface area contributed by atoms with E-state index in [1.165, 1.54) is 22.3 Å². The molecule has 0 amide bonds. The molecule has 0 spiro atoms. The molecule has 4 heteroatoms. The fourth-order valence-corrected chi connectivity index (χ4v) is 3.63. The predicted octanol–water partition coefficient (Wildman–Crippen LogP) is 6.18. The maximum Gasteiger partial charge on any atom is 0.0591 e. The van der Waals surface area contributed by atoms with Crippen LogP contribution in [0.4, 0.5) is 0 Å². The Labute approximate surface area is 148 Å². The number of hydrogen-bond acceptors (Lipinski definition) is 1. The van der Waals surface area contributed by atoms with E-state index in [-0.39, 0.29) is 6.04 Å². The van der Waals surface area contributed by atoms with Crippen LogP contribution in [-0.2, 0) is 0 Å². The van der Waals surface area contributed by atoms with Crippen molar-refractivity contribution in [1.82, 2.24) is 5.32 Å². The molecule has 2 rings (SSSR count). The monoisotopic (exact) mass is 429 g/mol. The molecule has 0 heterocycles. The molecule has 2 aromatic rings. The second-order valence-electron chi connectivity index (χ2n) is 5.11. The average Bonchev–Trinajstić information content (AvgIpc) is 2.43. The Morgan fingerprint density at radius 2 is 1.71 bits per heavy atom. The van der Waals surface area contributed by atoms with Crippen molar-refractivity contribution in [1.29, 1.82) is 0 Å². The van der Waals surface area contributed by atoms with Crippen LogP contribution in [0.3, 0.4) is 0 Å². The van der Waals surface area contributed by atoms with Crippen molar-refractivity contribution in [2.45, 2.75) is 26.8 Å². The number of nitrogens with one attached hydrogen (secondary N) is 1. The van der Waals surface area contributed by atoms with Gasteiger partial charge < -0.3 is 5.32 Å². The van der Waals surface area contributed by atoms with Crippen molar-refractivity contribution >= 4 is 43.5 Å². The van der Waals surface area contributed by atoms with Crippen LogP contribution in [-0.4, -0.2) is 6.54 Å². The van der Waals surface area contributed by atoms with Gasteiger partial charge in [0.05, 0.1) is 6.04 Å². The molecule has 0 aromatic heterocycles. The van der Waals surface area contributed by atoms with Gasteiger partial charge in [-0.1, -0.05) is 56.5 Å². The maximum atomic E-state index is 6.20. The summed E-state index contributed by atoms with van der Waals surface area (Å²) in [7, 11) is 0. The van der Waals surface area contributed by atoms with Crippen molar-refractivity contribution in [3.63, 3.8) is 0 Å². The topological polar surface area (TPSA) is 12.0 Å². The number of rotatable bonds is 4. The van der Waals surface area contributed by atoms with Crippen LogP contribution in [0, 0.1) is 13.8 Å². The van der Waals surface area contributed by atoms with Gasteiger partial charge in [-0.2, -0.15) is 0 Å². The van der Waals surface area contributed by atoms with E-state index < -0.39 is 0 Å². The fourth-order valence-electron chi connectivity index (χ4n) is 2.40. The van der Waals surface area contributed by atoms with Crippen LogP contribution in [0.1, 0.15) is 35.2 Å². The summed E-state index contributed by atoms with van der Waals surface area (Å²) < 4.78 is 2.22. The quantitative estimate of drug-likeness (QED) is 0.609. The highest BCUT2D eigenvalue weighted by Gasteiger charge is 2.19. The lowest BCUT2D eigenvalue weighted by molar-refractivity contribution is 0.625. The van der Waals surface area contributed by atoms with E-state index in [0.717, 1.165) is 20.5 Å². The van der Waals surface area contributed by atoms with E-state index in [0.29, 0.717) is 0 Å². The molecule has 2 aromatic carbocycles. The molecule has 0 saturated carbocycles. The Kier molecular flexibility index (Phi) is 5.89. The first-order valence-corrected chi connectivity index (χ1v) is 8.85. The average molecular weight is 432 g/mol. The largest absolute Gasteiger partial charge is 0.306 e. The van der Waals surface area contributed by atoms with Gasteiger partial charge in [-0.3, -0.25) is 0 Å². The van der Waals surface area contributed by atoms with Crippen LogP contribution in [0.2, 0.25) is 5.02 Å². The third-order valence-corrected chi connectivity index (χ3v) is 5.33. The minimum absolute atomic E-state index is 0.111. The molecule has 21 heavy (non-hydrogen) atoms. The summed E-state index contributed by atoms with van der Waals surface area (Å²) in [5, 5.41) is 4.33. The molecule has 1 nitrogen and oxygen atoms in total. The van der Waals surface area contributed by atoms with Gasteiger partial charge in [0.15, 0.2) is 0 Å². The van der Waals surface area contributed by atoms with Gasteiger partial charge in [0.1, 0.15) is 0 Å². The SMILES string of the molecule is CCNC(c1cc(Cl)ccc1C)c1cc(Br)c(C)cc1Br. The van der Waals surface area contributed by atoms with Gasteiger partial charge >= 0.3 is 0 Å². The Morgan fingerprint density at radius 1 is 1.00 bits per heavy atom. The molecule has 0 aliphatic heterocycles. The highest BCUT2D eigenvalue weighted by atomic mass is 79.9. The van der Waals surface area contributed by atoms with E-state index in [9.17, 15) is 0 Å². The Balaban J connectivity index is 2.58. The number of halogens is 3. The van der Waals surface area contributed by atoms with Crippen molar-refractivity contribution in [3.8, 4) is 0 Å². The summed E-state index contributed by atoms with van der Waals surface area (Å²) in [5.41, 5.74) is 4.86. The first-order valence-electron chi connectivity index (χ1n) is 6.89. The summed E-state index contributed by atoms with van der Waals surface area (Å²) in [6.07, 6.45) is 0. The summed E-state index contributed by atoms with van der Waals surface area (Å²) in [5.74, 6) is 0. The minimum Gasteiger partial charge on any atom is -0.306 e. The van der Waals surface area contributed by atoms with Crippen LogP contribution in [0.5, 0.6) is 0 Å². The zero-order valence-electron chi connectivity index (χ0n) is 12.3. The van der Waals surface area contributed by atoms with Gasteiger partial charge in [-0.15, -0.1) is 0 Å². The Morgan fingerprint density at radius 3 is 2.38 bits per heavy atom. The molecule has 0 saturated heterocycles. The summed E-state index contributed by atoms with van der Waals surface area (Å²) in [6.45, 7) is 7.21. The second-order valence-corrected chi connectivity index (χ2v) is 7.26. The van der Waals surface area contributed by atoms with Crippen LogP contribution >= 0.6 is 43.5 Å². The smallest absolute Gasteiger partial charge is 0.0591 e. The molecule has 0 fully saturated rings. The van der Waals surface area contributed by atoms with Gasteiger partial charge in [-0.25, -0.2) is 0 Å².